The van der Waals surface area contributed by atoms with Gasteiger partial charge in [-0.1, -0.05) is 13.0 Å². The van der Waals surface area contributed by atoms with Gasteiger partial charge in [-0.15, -0.1) is 0 Å². The lowest BCUT2D eigenvalue weighted by Crippen LogP contribution is -2.30. The van der Waals surface area contributed by atoms with Crippen molar-refractivity contribution in [3.8, 4) is 0 Å². The van der Waals surface area contributed by atoms with E-state index in [2.05, 4.69) is 42.0 Å². The van der Waals surface area contributed by atoms with Crippen LogP contribution >= 0.6 is 0 Å². The van der Waals surface area contributed by atoms with Crippen molar-refractivity contribution >= 4 is 5.82 Å². The monoisotopic (exact) mass is 251 g/mol. The summed E-state index contributed by atoms with van der Waals surface area (Å²) in [7, 11) is 1.73. The molecule has 1 heterocycles. The number of hydrogen-bond acceptors (Lipinski definition) is 4. The average Bonchev–Trinajstić information content (AvgIpc) is 2.40. The molecule has 4 nitrogen and oxygen atoms in total. The van der Waals surface area contributed by atoms with E-state index in [1.54, 1.807) is 7.11 Å². The molecule has 1 N–H and O–H groups in total. The fourth-order valence-electron chi connectivity index (χ4n) is 2.04. The van der Waals surface area contributed by atoms with Crippen LogP contribution in [-0.2, 0) is 4.74 Å². The average molecular weight is 251 g/mol. The van der Waals surface area contributed by atoms with Crippen molar-refractivity contribution < 1.29 is 4.74 Å². The zero-order valence-electron chi connectivity index (χ0n) is 11.9. The Kier molecular flexibility index (Phi) is 6.68. The van der Waals surface area contributed by atoms with Crippen molar-refractivity contribution in [3.63, 3.8) is 0 Å². The van der Waals surface area contributed by atoms with E-state index < -0.39 is 0 Å². The van der Waals surface area contributed by atoms with Crippen molar-refractivity contribution in [2.75, 3.05) is 38.3 Å². The van der Waals surface area contributed by atoms with Gasteiger partial charge < -0.3 is 15.0 Å². The van der Waals surface area contributed by atoms with Crippen molar-refractivity contribution in [2.24, 2.45) is 0 Å². The van der Waals surface area contributed by atoms with Crippen molar-refractivity contribution in [1.82, 2.24) is 10.3 Å². The smallest absolute Gasteiger partial charge is 0.133 e. The Balaban J connectivity index is 2.91. The first-order valence-electron chi connectivity index (χ1n) is 6.66. The van der Waals surface area contributed by atoms with Gasteiger partial charge in [0.2, 0.25) is 0 Å². The van der Waals surface area contributed by atoms with Crippen LogP contribution in [0.25, 0.3) is 0 Å². The van der Waals surface area contributed by atoms with Crippen LogP contribution in [0.15, 0.2) is 18.3 Å². The van der Waals surface area contributed by atoms with Crippen LogP contribution < -0.4 is 10.2 Å². The molecule has 0 aromatic carbocycles. The molecule has 0 radical (unpaired) electrons. The van der Waals surface area contributed by atoms with Gasteiger partial charge in [-0.3, -0.25) is 0 Å². The Morgan fingerprint density at radius 3 is 2.83 bits per heavy atom. The van der Waals surface area contributed by atoms with Crippen LogP contribution in [0, 0.1) is 0 Å². The third-order valence-electron chi connectivity index (χ3n) is 3.04. The van der Waals surface area contributed by atoms with Gasteiger partial charge in [0.05, 0.1) is 6.61 Å². The number of nitrogens with one attached hydrogen (secondary N) is 1. The minimum Gasteiger partial charge on any atom is -0.383 e. The molecular formula is C14H25N3O. The van der Waals surface area contributed by atoms with Gasteiger partial charge in [-0.2, -0.15) is 0 Å². The molecular weight excluding hydrogens is 226 g/mol. The molecule has 1 aromatic rings. The molecule has 1 rings (SSSR count). The number of hydrogen-bond donors (Lipinski definition) is 1. The van der Waals surface area contributed by atoms with Crippen molar-refractivity contribution in [1.29, 1.82) is 0 Å². The molecule has 0 amide bonds. The molecule has 102 valence electrons. The van der Waals surface area contributed by atoms with E-state index in [4.69, 9.17) is 4.74 Å². The Morgan fingerprint density at radius 1 is 1.44 bits per heavy atom. The number of anilines is 1. The fourth-order valence-corrected chi connectivity index (χ4v) is 2.04. The van der Waals surface area contributed by atoms with Crippen molar-refractivity contribution in [3.05, 3.63) is 23.9 Å². The summed E-state index contributed by atoms with van der Waals surface area (Å²) in [5, 5.41) is 3.44. The maximum absolute atomic E-state index is 5.16. The predicted molar refractivity (Wildman–Crippen MR) is 76.1 cm³/mol. The molecule has 0 fully saturated rings. The van der Waals surface area contributed by atoms with E-state index in [0.29, 0.717) is 6.04 Å². The van der Waals surface area contributed by atoms with E-state index in [0.717, 1.165) is 32.1 Å². The maximum Gasteiger partial charge on any atom is 0.133 e. The minimum absolute atomic E-state index is 0.315. The second-order valence-corrected chi connectivity index (χ2v) is 4.27. The first-order valence-corrected chi connectivity index (χ1v) is 6.66. The molecule has 4 heteroatoms. The quantitative estimate of drug-likeness (QED) is 0.769. The zero-order chi connectivity index (χ0) is 13.4. The summed E-state index contributed by atoms with van der Waals surface area (Å²) in [5.74, 6) is 1.06. The van der Waals surface area contributed by atoms with Gasteiger partial charge in [0.15, 0.2) is 0 Å². The molecule has 0 saturated carbocycles. The van der Waals surface area contributed by atoms with Crippen LogP contribution in [0.3, 0.4) is 0 Å². The summed E-state index contributed by atoms with van der Waals surface area (Å²) < 4.78 is 5.16. The van der Waals surface area contributed by atoms with E-state index in [1.165, 1.54) is 5.56 Å². The van der Waals surface area contributed by atoms with Crippen molar-refractivity contribution in [2.45, 2.75) is 26.8 Å². The molecule has 0 aliphatic carbocycles. The third-order valence-corrected chi connectivity index (χ3v) is 3.04. The van der Waals surface area contributed by atoms with Gasteiger partial charge in [0.1, 0.15) is 5.82 Å². The van der Waals surface area contributed by atoms with Gasteiger partial charge in [-0.05, 0) is 26.5 Å². The standard InChI is InChI=1S/C14H25N3O/c1-5-15-12(3)13-8-7-9-16-14(13)17(6-2)10-11-18-4/h7-9,12,15H,5-6,10-11H2,1-4H3. The topological polar surface area (TPSA) is 37.4 Å². The highest BCUT2D eigenvalue weighted by Crippen LogP contribution is 2.23. The van der Waals surface area contributed by atoms with Gasteiger partial charge in [0, 0.05) is 38.0 Å². The molecule has 0 aliphatic heterocycles. The molecule has 0 bridgehead atoms. The summed E-state index contributed by atoms with van der Waals surface area (Å²) in [6, 6.07) is 4.46. The highest BCUT2D eigenvalue weighted by molar-refractivity contribution is 5.48. The Hall–Kier alpha value is -1.13. The molecule has 0 saturated heterocycles. The Labute approximate surface area is 110 Å². The number of pyridine rings is 1. The molecule has 0 aliphatic rings. The lowest BCUT2D eigenvalue weighted by atomic mass is 10.1. The fraction of sp³-hybridized carbons (Fsp3) is 0.643. The van der Waals surface area contributed by atoms with Gasteiger partial charge >= 0.3 is 0 Å². The lowest BCUT2D eigenvalue weighted by Gasteiger charge is -2.26. The lowest BCUT2D eigenvalue weighted by molar-refractivity contribution is 0.205. The first-order chi connectivity index (χ1) is 8.74. The summed E-state index contributed by atoms with van der Waals surface area (Å²) in [6.45, 7) is 9.93. The number of rotatable bonds is 8. The normalized spacial score (nSPS) is 12.4. The first kappa shape index (κ1) is 14.9. The zero-order valence-corrected chi connectivity index (χ0v) is 11.9. The number of methoxy groups -OCH3 is 1. The maximum atomic E-state index is 5.16. The predicted octanol–water partition coefficient (Wildman–Crippen LogP) is 2.22. The highest BCUT2D eigenvalue weighted by Gasteiger charge is 2.14. The van der Waals surface area contributed by atoms with E-state index in [1.807, 2.05) is 12.3 Å². The summed E-state index contributed by atoms with van der Waals surface area (Å²) in [4.78, 5) is 6.79. The minimum atomic E-state index is 0.315. The summed E-state index contributed by atoms with van der Waals surface area (Å²) in [6.07, 6.45) is 1.85. The molecule has 18 heavy (non-hydrogen) atoms. The van der Waals surface area contributed by atoms with E-state index in [-0.39, 0.29) is 0 Å². The molecule has 1 atom stereocenters. The highest BCUT2D eigenvalue weighted by atomic mass is 16.5. The number of ether oxygens (including phenoxy) is 1. The molecule has 1 aromatic heterocycles. The van der Waals surface area contributed by atoms with Crippen LogP contribution in [-0.4, -0.2) is 38.3 Å². The molecule has 1 unspecified atom stereocenters. The number of likely N-dealkylation sites (N-methyl/N-ethyl adjacent to an activating group) is 1. The molecule has 0 spiro atoms. The number of nitrogens with zero attached hydrogens (tertiary/aromatic N) is 2. The summed E-state index contributed by atoms with van der Waals surface area (Å²) >= 11 is 0. The third kappa shape index (κ3) is 3.96. The van der Waals surface area contributed by atoms with Gasteiger partial charge in [0.25, 0.3) is 0 Å². The van der Waals surface area contributed by atoms with Gasteiger partial charge in [-0.25, -0.2) is 4.98 Å². The second-order valence-electron chi connectivity index (χ2n) is 4.27. The van der Waals surface area contributed by atoms with E-state index >= 15 is 0 Å². The largest absolute Gasteiger partial charge is 0.383 e. The Morgan fingerprint density at radius 2 is 2.22 bits per heavy atom. The van der Waals surface area contributed by atoms with Crippen LogP contribution in [0.5, 0.6) is 0 Å². The summed E-state index contributed by atoms with van der Waals surface area (Å²) in [5.41, 5.74) is 1.25. The van der Waals surface area contributed by atoms with E-state index in [9.17, 15) is 0 Å². The van der Waals surface area contributed by atoms with Crippen LogP contribution in [0.2, 0.25) is 0 Å². The Bertz CT molecular complexity index is 344. The number of aromatic nitrogens is 1. The SMILES string of the molecule is CCNC(C)c1cccnc1N(CC)CCOC. The van der Waals surface area contributed by atoms with Crippen LogP contribution in [0.4, 0.5) is 5.82 Å². The van der Waals surface area contributed by atoms with Crippen LogP contribution in [0.1, 0.15) is 32.4 Å². The second kappa shape index (κ2) is 8.06.